The fraction of sp³-hybridized carbons (Fsp3) is 0.238. The minimum Gasteiger partial charge on any atom is -0.426 e. The van der Waals surface area contributed by atoms with Crippen LogP contribution in [-0.2, 0) is 9.59 Å². The number of benzene rings is 2. The minimum atomic E-state index is -0.546. The molecule has 4 nitrogen and oxygen atoms in total. The van der Waals surface area contributed by atoms with Gasteiger partial charge in [-0.25, -0.2) is 0 Å². The van der Waals surface area contributed by atoms with Gasteiger partial charge in [0, 0.05) is 0 Å². The monoisotopic (exact) mass is 334 g/mol. The lowest BCUT2D eigenvalue weighted by Crippen LogP contribution is -2.36. The largest absolute Gasteiger partial charge is 0.426 e. The molecule has 1 saturated carbocycles. The van der Waals surface area contributed by atoms with Crippen molar-refractivity contribution in [3.63, 3.8) is 0 Å². The maximum absolute atomic E-state index is 12.7. The number of ether oxygens (including phenoxy) is 2. The van der Waals surface area contributed by atoms with E-state index in [9.17, 15) is 9.59 Å². The second-order valence-corrected chi connectivity index (χ2v) is 6.45. The fourth-order valence-corrected chi connectivity index (χ4v) is 3.77. The summed E-state index contributed by atoms with van der Waals surface area (Å²) in [5.74, 6) is -0.638. The van der Waals surface area contributed by atoms with Gasteiger partial charge >= 0.3 is 11.9 Å². The van der Waals surface area contributed by atoms with Crippen LogP contribution in [0.4, 0.5) is 0 Å². The van der Waals surface area contributed by atoms with Crippen molar-refractivity contribution in [1.82, 2.24) is 0 Å². The van der Waals surface area contributed by atoms with Crippen molar-refractivity contribution in [3.8, 4) is 11.5 Å². The topological polar surface area (TPSA) is 52.6 Å². The third-order valence-corrected chi connectivity index (χ3v) is 4.90. The van der Waals surface area contributed by atoms with E-state index in [0.29, 0.717) is 11.5 Å². The highest BCUT2D eigenvalue weighted by Gasteiger charge is 2.51. The lowest BCUT2D eigenvalue weighted by atomic mass is 9.83. The minimum absolute atomic E-state index is 0.125. The Kier molecular flexibility index (Phi) is 4.10. The van der Waals surface area contributed by atoms with E-state index in [4.69, 9.17) is 9.47 Å². The maximum atomic E-state index is 12.7. The van der Waals surface area contributed by atoms with E-state index in [1.807, 2.05) is 36.4 Å². The summed E-state index contributed by atoms with van der Waals surface area (Å²) in [6.07, 6.45) is 3.65. The zero-order valence-corrected chi connectivity index (χ0v) is 13.6. The summed E-state index contributed by atoms with van der Waals surface area (Å²) < 4.78 is 11.0. The van der Waals surface area contributed by atoms with Crippen LogP contribution in [0.5, 0.6) is 11.5 Å². The Morgan fingerprint density at radius 2 is 1.36 bits per heavy atom. The van der Waals surface area contributed by atoms with Gasteiger partial charge in [0.15, 0.2) is 0 Å². The summed E-state index contributed by atoms with van der Waals surface area (Å²) in [4.78, 5) is 25.4. The molecule has 2 aliphatic carbocycles. The summed E-state index contributed by atoms with van der Waals surface area (Å²) in [5.41, 5.74) is 1.00. The molecule has 4 rings (SSSR count). The molecule has 0 N–H and O–H groups in total. The molecule has 2 bridgehead atoms. The molecule has 0 aromatic heterocycles. The van der Waals surface area contributed by atoms with Crippen molar-refractivity contribution in [2.75, 3.05) is 0 Å². The van der Waals surface area contributed by atoms with Crippen LogP contribution in [0.1, 0.15) is 12.8 Å². The molecular weight excluding hydrogens is 316 g/mol. The Hall–Kier alpha value is -2.88. The van der Waals surface area contributed by atoms with Crippen molar-refractivity contribution >= 4 is 11.9 Å². The summed E-state index contributed by atoms with van der Waals surface area (Å²) >= 11 is 0. The van der Waals surface area contributed by atoms with E-state index >= 15 is 0 Å². The molecule has 25 heavy (non-hydrogen) atoms. The number of carbonyl (C=O) groups is 2. The number of fused-ring (bicyclic) bond motifs is 2. The van der Waals surface area contributed by atoms with Crippen LogP contribution in [0.25, 0.3) is 0 Å². The van der Waals surface area contributed by atoms with Gasteiger partial charge in [0.1, 0.15) is 11.5 Å². The SMILES string of the molecule is O=C(Oc1ccccc1)C1C2=CCC(C2)C1C(=O)Oc1ccccc1. The summed E-state index contributed by atoms with van der Waals surface area (Å²) in [6.45, 7) is 0. The third-order valence-electron chi connectivity index (χ3n) is 4.90. The normalized spacial score (nSPS) is 23.8. The lowest BCUT2D eigenvalue weighted by molar-refractivity contribution is -0.149. The quantitative estimate of drug-likeness (QED) is 0.485. The Labute approximate surface area is 146 Å². The van der Waals surface area contributed by atoms with E-state index in [1.165, 1.54) is 0 Å². The smallest absolute Gasteiger partial charge is 0.319 e. The predicted molar refractivity (Wildman–Crippen MR) is 91.9 cm³/mol. The van der Waals surface area contributed by atoms with Crippen LogP contribution < -0.4 is 9.47 Å². The van der Waals surface area contributed by atoms with Crippen LogP contribution in [0.2, 0.25) is 0 Å². The molecule has 1 fully saturated rings. The highest BCUT2D eigenvalue weighted by Crippen LogP contribution is 2.49. The van der Waals surface area contributed by atoms with Crippen LogP contribution in [0, 0.1) is 17.8 Å². The predicted octanol–water partition coefficient (Wildman–Crippen LogP) is 3.78. The van der Waals surface area contributed by atoms with E-state index in [2.05, 4.69) is 6.08 Å². The van der Waals surface area contributed by atoms with Crippen molar-refractivity contribution < 1.29 is 19.1 Å². The number of para-hydroxylation sites is 2. The third kappa shape index (κ3) is 3.07. The van der Waals surface area contributed by atoms with Gasteiger partial charge in [0.05, 0.1) is 11.8 Å². The maximum Gasteiger partial charge on any atom is 0.319 e. The highest BCUT2D eigenvalue weighted by molar-refractivity contribution is 5.88. The van der Waals surface area contributed by atoms with Crippen LogP contribution >= 0.6 is 0 Å². The summed E-state index contributed by atoms with van der Waals surface area (Å²) in [6, 6.07) is 17.9. The first-order valence-electron chi connectivity index (χ1n) is 8.45. The standard InChI is InChI=1S/C21H18O4/c22-20(24-16-7-3-1-4-8-16)18-14-11-12-15(13-14)19(18)21(23)25-17-9-5-2-6-10-17/h1-11,15,18-19H,12-13H2. The first-order valence-corrected chi connectivity index (χ1v) is 8.45. The number of esters is 2. The van der Waals surface area contributed by atoms with Gasteiger partial charge in [-0.3, -0.25) is 9.59 Å². The van der Waals surface area contributed by atoms with Gasteiger partial charge in [-0.1, -0.05) is 48.0 Å². The second kappa shape index (κ2) is 6.55. The molecule has 3 atom stereocenters. The molecule has 2 aliphatic rings. The molecule has 2 aromatic rings. The van der Waals surface area contributed by atoms with Gasteiger partial charge in [0.2, 0.25) is 0 Å². The highest BCUT2D eigenvalue weighted by atomic mass is 16.5. The van der Waals surface area contributed by atoms with E-state index < -0.39 is 11.8 Å². The zero-order chi connectivity index (χ0) is 17.2. The first kappa shape index (κ1) is 15.6. The molecule has 0 saturated heterocycles. The molecule has 3 unspecified atom stereocenters. The van der Waals surface area contributed by atoms with Crippen LogP contribution in [0.15, 0.2) is 72.3 Å². The molecule has 4 heteroatoms. The van der Waals surface area contributed by atoms with Crippen LogP contribution in [0.3, 0.4) is 0 Å². The van der Waals surface area contributed by atoms with Crippen LogP contribution in [-0.4, -0.2) is 11.9 Å². The first-order chi connectivity index (χ1) is 12.2. The van der Waals surface area contributed by atoms with Gasteiger partial charge in [-0.05, 0) is 43.0 Å². The fourth-order valence-electron chi connectivity index (χ4n) is 3.77. The van der Waals surface area contributed by atoms with Gasteiger partial charge in [-0.2, -0.15) is 0 Å². The number of carbonyl (C=O) groups excluding carboxylic acids is 2. The van der Waals surface area contributed by atoms with E-state index in [-0.39, 0.29) is 17.9 Å². The molecule has 0 radical (unpaired) electrons. The number of hydrogen-bond donors (Lipinski definition) is 0. The van der Waals surface area contributed by atoms with Crippen molar-refractivity contribution in [2.45, 2.75) is 12.8 Å². The number of rotatable bonds is 4. The summed E-state index contributed by atoms with van der Waals surface area (Å²) in [5, 5.41) is 0. The Morgan fingerprint density at radius 3 is 1.96 bits per heavy atom. The molecular formula is C21H18O4. The lowest BCUT2D eigenvalue weighted by Gasteiger charge is -2.24. The molecule has 126 valence electrons. The Balaban J connectivity index is 1.53. The molecule has 2 aromatic carbocycles. The van der Waals surface area contributed by atoms with E-state index in [1.54, 1.807) is 24.3 Å². The van der Waals surface area contributed by atoms with Crippen molar-refractivity contribution in [2.24, 2.45) is 17.8 Å². The molecule has 0 aliphatic heterocycles. The second-order valence-electron chi connectivity index (χ2n) is 6.45. The van der Waals surface area contributed by atoms with Gasteiger partial charge in [0.25, 0.3) is 0 Å². The van der Waals surface area contributed by atoms with Crippen molar-refractivity contribution in [1.29, 1.82) is 0 Å². The average molecular weight is 334 g/mol. The van der Waals surface area contributed by atoms with Crippen molar-refractivity contribution in [3.05, 3.63) is 72.3 Å². The van der Waals surface area contributed by atoms with Gasteiger partial charge in [-0.15, -0.1) is 0 Å². The average Bonchev–Trinajstić information content (AvgIpc) is 3.24. The number of allylic oxidation sites excluding steroid dienone is 1. The van der Waals surface area contributed by atoms with Gasteiger partial charge < -0.3 is 9.47 Å². The Morgan fingerprint density at radius 1 is 0.800 bits per heavy atom. The Bertz CT molecular complexity index is 810. The number of hydrogen-bond acceptors (Lipinski definition) is 4. The molecule has 0 heterocycles. The molecule has 0 amide bonds. The van der Waals surface area contributed by atoms with E-state index in [0.717, 1.165) is 18.4 Å². The molecule has 0 spiro atoms. The summed E-state index contributed by atoms with van der Waals surface area (Å²) in [7, 11) is 0. The zero-order valence-electron chi connectivity index (χ0n) is 13.6.